The molecule has 0 aromatic heterocycles. The number of anilines is 1. The van der Waals surface area contributed by atoms with Crippen molar-refractivity contribution in [1.29, 1.82) is 5.26 Å². The summed E-state index contributed by atoms with van der Waals surface area (Å²) in [5.41, 5.74) is 0.998. The summed E-state index contributed by atoms with van der Waals surface area (Å²) < 4.78 is 5.11. The summed E-state index contributed by atoms with van der Waals surface area (Å²) in [7, 11) is 0. The third-order valence-corrected chi connectivity index (χ3v) is 3.29. The van der Waals surface area contributed by atoms with Crippen molar-refractivity contribution < 1.29 is 14.3 Å². The predicted octanol–water partition coefficient (Wildman–Crippen LogP) is 3.40. The number of para-hydroxylation sites is 1. The van der Waals surface area contributed by atoms with Crippen molar-refractivity contribution in [2.45, 2.75) is 13.0 Å². The lowest BCUT2D eigenvalue weighted by molar-refractivity contribution is -0.123. The number of benzene rings is 2. The van der Waals surface area contributed by atoms with Gasteiger partial charge in [0.15, 0.2) is 6.10 Å². The van der Waals surface area contributed by atoms with Gasteiger partial charge in [-0.15, -0.1) is 0 Å². The molecule has 1 N–H and O–H groups in total. The molecule has 0 saturated carbocycles. The van der Waals surface area contributed by atoms with Crippen molar-refractivity contribution in [2.24, 2.45) is 0 Å². The predicted molar refractivity (Wildman–Crippen MR) is 86.1 cm³/mol. The van der Waals surface area contributed by atoms with Crippen LogP contribution in [0.25, 0.3) is 0 Å². The second kappa shape index (κ2) is 7.43. The normalized spacial score (nSPS) is 11.2. The highest BCUT2D eigenvalue weighted by Crippen LogP contribution is 2.15. The van der Waals surface area contributed by atoms with Crippen LogP contribution in [-0.2, 0) is 9.53 Å². The van der Waals surface area contributed by atoms with Gasteiger partial charge in [0.2, 0.25) is 0 Å². The molecule has 23 heavy (non-hydrogen) atoms. The van der Waals surface area contributed by atoms with Gasteiger partial charge in [-0.25, -0.2) is 4.79 Å². The average molecular weight is 329 g/mol. The Bertz CT molecular complexity index is 766. The molecule has 0 aliphatic rings. The highest BCUT2D eigenvalue weighted by Gasteiger charge is 2.19. The van der Waals surface area contributed by atoms with E-state index in [4.69, 9.17) is 21.6 Å². The van der Waals surface area contributed by atoms with Crippen LogP contribution in [0.15, 0.2) is 48.5 Å². The lowest BCUT2D eigenvalue weighted by Gasteiger charge is -2.14. The van der Waals surface area contributed by atoms with Crippen LogP contribution in [0.3, 0.4) is 0 Å². The molecule has 0 fully saturated rings. The number of hydrogen-bond acceptors (Lipinski definition) is 4. The Morgan fingerprint density at radius 3 is 2.48 bits per heavy atom. The van der Waals surface area contributed by atoms with Crippen LogP contribution >= 0.6 is 11.6 Å². The van der Waals surface area contributed by atoms with Crippen LogP contribution in [0, 0.1) is 11.3 Å². The van der Waals surface area contributed by atoms with E-state index in [1.807, 2.05) is 6.07 Å². The number of rotatable bonds is 4. The topological polar surface area (TPSA) is 79.2 Å². The Hall–Kier alpha value is -2.84. The molecule has 0 aliphatic heterocycles. The molecule has 1 amide bonds. The zero-order chi connectivity index (χ0) is 16.8. The number of ether oxygens (including phenoxy) is 1. The third-order valence-electron chi connectivity index (χ3n) is 3.04. The minimum Gasteiger partial charge on any atom is -0.449 e. The number of amides is 1. The number of esters is 1. The van der Waals surface area contributed by atoms with Gasteiger partial charge in [-0.05, 0) is 43.3 Å². The highest BCUT2D eigenvalue weighted by molar-refractivity contribution is 6.30. The van der Waals surface area contributed by atoms with Crippen LogP contribution in [0.4, 0.5) is 5.69 Å². The summed E-state index contributed by atoms with van der Waals surface area (Å²) in [4.78, 5) is 24.0. The van der Waals surface area contributed by atoms with Crippen LogP contribution in [0.1, 0.15) is 22.8 Å². The average Bonchev–Trinajstić information content (AvgIpc) is 2.55. The van der Waals surface area contributed by atoms with E-state index in [-0.39, 0.29) is 0 Å². The summed E-state index contributed by atoms with van der Waals surface area (Å²) in [5.74, 6) is -1.15. The number of nitrogens with zero attached hydrogens (tertiary/aromatic N) is 1. The standard InChI is InChI=1S/C17H13ClN2O3/c1-11(23-17(22)12-6-8-14(18)9-7-12)16(21)20-15-5-3-2-4-13(15)10-19/h2-9,11H,1H3,(H,20,21)/t11-/m1/s1. The summed E-state index contributed by atoms with van der Waals surface area (Å²) in [6, 6.07) is 14.7. The second-order valence-corrected chi connectivity index (χ2v) is 5.14. The first-order valence-corrected chi connectivity index (χ1v) is 7.15. The molecule has 6 heteroatoms. The molecule has 0 unspecified atom stereocenters. The largest absolute Gasteiger partial charge is 0.449 e. The van der Waals surface area contributed by atoms with Gasteiger partial charge in [-0.3, -0.25) is 4.79 Å². The zero-order valence-corrected chi connectivity index (χ0v) is 13.0. The van der Waals surface area contributed by atoms with E-state index in [0.29, 0.717) is 21.8 Å². The summed E-state index contributed by atoms with van der Waals surface area (Å²) in [5, 5.41) is 12.1. The molecule has 2 rings (SSSR count). The number of halogens is 1. The number of carbonyl (C=O) groups is 2. The fourth-order valence-corrected chi connectivity index (χ4v) is 1.92. The number of hydrogen-bond donors (Lipinski definition) is 1. The van der Waals surface area contributed by atoms with Gasteiger partial charge in [0.1, 0.15) is 6.07 Å². The Labute approximate surface area is 138 Å². The van der Waals surface area contributed by atoms with Gasteiger partial charge in [-0.1, -0.05) is 23.7 Å². The van der Waals surface area contributed by atoms with Crippen LogP contribution in [-0.4, -0.2) is 18.0 Å². The van der Waals surface area contributed by atoms with Crippen molar-refractivity contribution in [2.75, 3.05) is 5.32 Å². The van der Waals surface area contributed by atoms with Crippen molar-refractivity contribution >= 4 is 29.2 Å². The van der Waals surface area contributed by atoms with Gasteiger partial charge in [0, 0.05) is 5.02 Å². The minimum absolute atomic E-state index is 0.298. The second-order valence-electron chi connectivity index (χ2n) is 4.70. The maximum atomic E-state index is 12.1. The number of carbonyl (C=O) groups excluding carboxylic acids is 2. The van der Waals surface area contributed by atoms with Crippen molar-refractivity contribution in [3.8, 4) is 6.07 Å². The van der Waals surface area contributed by atoms with E-state index in [0.717, 1.165) is 0 Å². The lowest BCUT2D eigenvalue weighted by Crippen LogP contribution is -2.30. The summed E-state index contributed by atoms with van der Waals surface area (Å²) in [6.07, 6.45) is -1.01. The molecule has 2 aromatic carbocycles. The fraction of sp³-hybridized carbons (Fsp3) is 0.118. The first-order chi connectivity index (χ1) is 11.0. The molecular formula is C17H13ClN2O3. The number of nitriles is 1. The molecule has 5 nitrogen and oxygen atoms in total. The first kappa shape index (κ1) is 16.5. The first-order valence-electron chi connectivity index (χ1n) is 6.78. The Balaban J connectivity index is 2.01. The van der Waals surface area contributed by atoms with E-state index < -0.39 is 18.0 Å². The quantitative estimate of drug-likeness (QED) is 0.872. The third kappa shape index (κ3) is 4.31. The molecule has 2 aromatic rings. The van der Waals surface area contributed by atoms with Crippen LogP contribution < -0.4 is 5.32 Å². The summed E-state index contributed by atoms with van der Waals surface area (Å²) in [6.45, 7) is 1.46. The maximum Gasteiger partial charge on any atom is 0.338 e. The Morgan fingerprint density at radius 2 is 1.83 bits per heavy atom. The fourth-order valence-electron chi connectivity index (χ4n) is 1.79. The molecule has 0 spiro atoms. The van der Waals surface area contributed by atoms with E-state index in [1.165, 1.54) is 19.1 Å². The minimum atomic E-state index is -1.01. The van der Waals surface area contributed by atoms with E-state index >= 15 is 0 Å². The van der Waals surface area contributed by atoms with Crippen molar-refractivity contribution in [1.82, 2.24) is 0 Å². The maximum absolute atomic E-state index is 12.1. The van der Waals surface area contributed by atoms with E-state index in [2.05, 4.69) is 5.32 Å². The van der Waals surface area contributed by atoms with Gasteiger partial charge < -0.3 is 10.1 Å². The SMILES string of the molecule is C[C@@H](OC(=O)c1ccc(Cl)cc1)C(=O)Nc1ccccc1C#N. The van der Waals surface area contributed by atoms with Crippen LogP contribution in [0.2, 0.25) is 5.02 Å². The molecule has 1 atom stereocenters. The molecule has 0 bridgehead atoms. The molecule has 0 saturated heterocycles. The molecule has 0 radical (unpaired) electrons. The molecule has 0 aliphatic carbocycles. The van der Waals surface area contributed by atoms with Gasteiger partial charge in [0.05, 0.1) is 16.8 Å². The molecular weight excluding hydrogens is 316 g/mol. The number of nitrogens with one attached hydrogen (secondary N) is 1. The Morgan fingerprint density at radius 1 is 1.17 bits per heavy atom. The summed E-state index contributed by atoms with van der Waals surface area (Å²) >= 11 is 5.75. The zero-order valence-electron chi connectivity index (χ0n) is 12.2. The van der Waals surface area contributed by atoms with Crippen LogP contribution in [0.5, 0.6) is 0 Å². The smallest absolute Gasteiger partial charge is 0.338 e. The molecule has 0 heterocycles. The monoisotopic (exact) mass is 328 g/mol. The van der Waals surface area contributed by atoms with Crippen molar-refractivity contribution in [3.05, 3.63) is 64.7 Å². The van der Waals surface area contributed by atoms with Crippen molar-refractivity contribution in [3.63, 3.8) is 0 Å². The molecule has 116 valence electrons. The van der Waals surface area contributed by atoms with E-state index in [1.54, 1.807) is 36.4 Å². The van der Waals surface area contributed by atoms with Gasteiger partial charge in [-0.2, -0.15) is 5.26 Å². The van der Waals surface area contributed by atoms with E-state index in [9.17, 15) is 9.59 Å². The van der Waals surface area contributed by atoms with Gasteiger partial charge >= 0.3 is 5.97 Å². The lowest BCUT2D eigenvalue weighted by atomic mass is 10.2. The van der Waals surface area contributed by atoms with Gasteiger partial charge in [0.25, 0.3) is 5.91 Å². The Kier molecular flexibility index (Phi) is 5.34. The highest BCUT2D eigenvalue weighted by atomic mass is 35.5.